The van der Waals surface area contributed by atoms with E-state index in [0.717, 1.165) is 37.9 Å². The zero-order chi connectivity index (χ0) is 21.7. The van der Waals surface area contributed by atoms with E-state index < -0.39 is 10.0 Å². The Morgan fingerprint density at radius 2 is 1.58 bits per heavy atom. The van der Waals surface area contributed by atoms with Gasteiger partial charge in [-0.3, -0.25) is 0 Å². The number of sulfonamides is 1. The van der Waals surface area contributed by atoms with Gasteiger partial charge in [0.1, 0.15) is 0 Å². The van der Waals surface area contributed by atoms with Crippen LogP contribution in [-0.2, 0) is 27.6 Å². The smallest absolute Gasteiger partial charge is 0.240 e. The zero-order valence-electron chi connectivity index (χ0n) is 18.6. The van der Waals surface area contributed by atoms with E-state index >= 15 is 0 Å². The second kappa shape index (κ2) is 9.85. The van der Waals surface area contributed by atoms with Crippen LogP contribution in [0.4, 0.5) is 0 Å². The minimum atomic E-state index is -3.47. The van der Waals surface area contributed by atoms with E-state index in [9.17, 15) is 8.42 Å². The van der Waals surface area contributed by atoms with Crippen molar-refractivity contribution in [1.29, 1.82) is 0 Å². The van der Waals surface area contributed by atoms with E-state index in [0.29, 0.717) is 17.5 Å². The van der Waals surface area contributed by atoms with Crippen molar-refractivity contribution >= 4 is 10.0 Å². The summed E-state index contributed by atoms with van der Waals surface area (Å²) in [5.41, 5.74) is 3.69. The molecule has 0 amide bonds. The normalized spacial score (nSPS) is 18.7. The maximum Gasteiger partial charge on any atom is 0.240 e. The van der Waals surface area contributed by atoms with Crippen LogP contribution in [0, 0.1) is 12.3 Å². The molecule has 0 unspecified atom stereocenters. The largest absolute Gasteiger partial charge is 0.378 e. The minimum Gasteiger partial charge on any atom is -0.378 e. The number of aryl methyl sites for hydroxylation is 1. The predicted molar refractivity (Wildman–Crippen MR) is 125 cm³/mol. The Morgan fingerprint density at radius 1 is 0.935 bits per heavy atom. The summed E-state index contributed by atoms with van der Waals surface area (Å²) in [6.07, 6.45) is 10.7. The second-order valence-electron chi connectivity index (χ2n) is 9.51. The van der Waals surface area contributed by atoms with Crippen LogP contribution in [0.3, 0.4) is 0 Å². The van der Waals surface area contributed by atoms with Crippen molar-refractivity contribution in [2.45, 2.75) is 75.7 Å². The summed E-state index contributed by atoms with van der Waals surface area (Å²) in [5, 5.41) is 0. The number of hydrogen-bond donors (Lipinski definition) is 1. The molecule has 1 N–H and O–H groups in total. The Balaban J connectivity index is 1.30. The molecule has 168 valence electrons. The summed E-state index contributed by atoms with van der Waals surface area (Å²) < 4.78 is 34.3. The summed E-state index contributed by atoms with van der Waals surface area (Å²) >= 11 is 0. The SMILES string of the molecule is Cc1ccc(S(=O)(=O)NCC2(Cc3ccc(CCOC4CCCC4)cc3)CCC2)cc1. The van der Waals surface area contributed by atoms with E-state index in [-0.39, 0.29) is 5.41 Å². The highest BCUT2D eigenvalue weighted by molar-refractivity contribution is 7.89. The Labute approximate surface area is 187 Å². The van der Waals surface area contributed by atoms with Crippen molar-refractivity contribution in [3.05, 3.63) is 65.2 Å². The van der Waals surface area contributed by atoms with Gasteiger partial charge in [0, 0.05) is 6.54 Å². The Bertz CT molecular complexity index is 941. The van der Waals surface area contributed by atoms with Crippen molar-refractivity contribution in [2.75, 3.05) is 13.2 Å². The van der Waals surface area contributed by atoms with E-state index in [2.05, 4.69) is 29.0 Å². The van der Waals surface area contributed by atoms with Gasteiger partial charge in [-0.15, -0.1) is 0 Å². The molecule has 2 aromatic rings. The van der Waals surface area contributed by atoms with Crippen molar-refractivity contribution in [2.24, 2.45) is 5.41 Å². The molecular weight excluding hydrogens is 406 g/mol. The molecule has 0 heterocycles. The van der Waals surface area contributed by atoms with Gasteiger partial charge >= 0.3 is 0 Å². The average Bonchev–Trinajstić information content (AvgIpc) is 3.25. The van der Waals surface area contributed by atoms with Crippen LogP contribution in [-0.4, -0.2) is 27.7 Å². The maximum atomic E-state index is 12.7. The van der Waals surface area contributed by atoms with Crippen LogP contribution < -0.4 is 4.72 Å². The molecular formula is C26H35NO3S. The van der Waals surface area contributed by atoms with Crippen LogP contribution in [0.15, 0.2) is 53.4 Å². The molecule has 0 saturated heterocycles. The van der Waals surface area contributed by atoms with Gasteiger partial charge in [0.05, 0.1) is 17.6 Å². The van der Waals surface area contributed by atoms with Crippen molar-refractivity contribution in [1.82, 2.24) is 4.72 Å². The molecule has 0 aliphatic heterocycles. The van der Waals surface area contributed by atoms with Crippen molar-refractivity contribution < 1.29 is 13.2 Å². The van der Waals surface area contributed by atoms with Gasteiger partial charge in [-0.1, -0.05) is 61.2 Å². The predicted octanol–water partition coefficient (Wildman–Crippen LogP) is 5.19. The molecule has 31 heavy (non-hydrogen) atoms. The fourth-order valence-corrected chi connectivity index (χ4v) is 5.95. The summed E-state index contributed by atoms with van der Waals surface area (Å²) in [6, 6.07) is 15.9. The van der Waals surface area contributed by atoms with Gasteiger partial charge in [-0.05, 0) is 74.1 Å². The third-order valence-electron chi connectivity index (χ3n) is 7.03. The van der Waals surface area contributed by atoms with Crippen LogP contribution in [0.5, 0.6) is 0 Å². The second-order valence-corrected chi connectivity index (χ2v) is 11.3. The molecule has 5 heteroatoms. The first-order valence-corrected chi connectivity index (χ1v) is 13.2. The fraction of sp³-hybridized carbons (Fsp3) is 0.538. The van der Waals surface area contributed by atoms with Gasteiger partial charge in [-0.25, -0.2) is 13.1 Å². The Morgan fingerprint density at radius 3 is 2.19 bits per heavy atom. The van der Waals surface area contributed by atoms with Crippen LogP contribution in [0.25, 0.3) is 0 Å². The molecule has 0 radical (unpaired) electrons. The van der Waals surface area contributed by atoms with Gasteiger partial charge in [-0.2, -0.15) is 0 Å². The van der Waals surface area contributed by atoms with E-state index in [4.69, 9.17) is 4.74 Å². The Kier molecular flexibility index (Phi) is 7.15. The van der Waals surface area contributed by atoms with Gasteiger partial charge in [0.15, 0.2) is 0 Å². The summed E-state index contributed by atoms with van der Waals surface area (Å²) in [5.74, 6) is 0. The highest BCUT2D eigenvalue weighted by atomic mass is 32.2. The van der Waals surface area contributed by atoms with E-state index in [1.165, 1.54) is 43.2 Å². The molecule has 0 aromatic heterocycles. The molecule has 0 atom stereocenters. The van der Waals surface area contributed by atoms with E-state index in [1.807, 2.05) is 19.1 Å². The summed E-state index contributed by atoms with van der Waals surface area (Å²) in [7, 11) is -3.47. The minimum absolute atomic E-state index is 0.0326. The van der Waals surface area contributed by atoms with Gasteiger partial charge in [0.25, 0.3) is 0 Å². The number of nitrogens with one attached hydrogen (secondary N) is 1. The third kappa shape index (κ3) is 5.97. The quantitative estimate of drug-likeness (QED) is 0.552. The topological polar surface area (TPSA) is 55.4 Å². The molecule has 0 bridgehead atoms. The highest BCUT2D eigenvalue weighted by Crippen LogP contribution is 2.43. The van der Waals surface area contributed by atoms with Gasteiger partial charge in [0.2, 0.25) is 10.0 Å². The lowest BCUT2D eigenvalue weighted by Gasteiger charge is -2.42. The van der Waals surface area contributed by atoms with Crippen molar-refractivity contribution in [3.8, 4) is 0 Å². The zero-order valence-corrected chi connectivity index (χ0v) is 19.4. The lowest BCUT2D eigenvalue weighted by Crippen LogP contribution is -2.43. The summed E-state index contributed by atoms with van der Waals surface area (Å²) in [6.45, 7) is 3.26. The van der Waals surface area contributed by atoms with Crippen LogP contribution in [0.1, 0.15) is 61.6 Å². The molecule has 4 nitrogen and oxygen atoms in total. The fourth-order valence-electron chi connectivity index (χ4n) is 4.80. The van der Waals surface area contributed by atoms with Gasteiger partial charge < -0.3 is 4.74 Å². The first kappa shape index (κ1) is 22.5. The summed E-state index contributed by atoms with van der Waals surface area (Å²) in [4.78, 5) is 0.344. The molecule has 2 aliphatic carbocycles. The standard InChI is InChI=1S/C26H35NO3S/c1-21-7-13-25(14-8-21)31(28,29)27-20-26(16-4-17-26)19-23-11-9-22(10-12-23)15-18-30-24-5-2-3-6-24/h7-14,24,27H,2-6,15-20H2,1H3. The molecule has 2 saturated carbocycles. The Hall–Kier alpha value is -1.69. The molecule has 2 aromatic carbocycles. The number of rotatable bonds is 10. The first-order valence-electron chi connectivity index (χ1n) is 11.7. The lowest BCUT2D eigenvalue weighted by molar-refractivity contribution is 0.0606. The molecule has 4 rings (SSSR count). The number of hydrogen-bond acceptors (Lipinski definition) is 3. The van der Waals surface area contributed by atoms with E-state index in [1.54, 1.807) is 12.1 Å². The third-order valence-corrected chi connectivity index (χ3v) is 8.45. The highest BCUT2D eigenvalue weighted by Gasteiger charge is 2.38. The lowest BCUT2D eigenvalue weighted by atomic mass is 9.65. The van der Waals surface area contributed by atoms with Crippen molar-refractivity contribution in [3.63, 3.8) is 0 Å². The maximum absolute atomic E-state index is 12.7. The number of ether oxygens (including phenoxy) is 1. The van der Waals surface area contributed by atoms with Crippen LogP contribution >= 0.6 is 0 Å². The molecule has 2 fully saturated rings. The monoisotopic (exact) mass is 441 g/mol. The van der Waals surface area contributed by atoms with Crippen LogP contribution in [0.2, 0.25) is 0 Å². The number of benzene rings is 2. The average molecular weight is 442 g/mol. The first-order chi connectivity index (χ1) is 14.9. The molecule has 0 spiro atoms. The molecule has 2 aliphatic rings.